The molecule has 1 aromatic carbocycles. The number of aromatic hydroxyl groups is 1. The van der Waals surface area contributed by atoms with Crippen LogP contribution >= 0.6 is 0 Å². The Bertz CT molecular complexity index is 1030. The van der Waals surface area contributed by atoms with Gasteiger partial charge in [0.25, 0.3) is 0 Å². The number of hydrogen-bond acceptors (Lipinski definition) is 12. The van der Waals surface area contributed by atoms with Crippen LogP contribution in [0.4, 0.5) is 0 Å². The number of carbonyl (C=O) groups excluding carboxylic acids is 1. The molecule has 12 heteroatoms. The van der Waals surface area contributed by atoms with Crippen molar-refractivity contribution < 1.29 is 59.1 Å². The van der Waals surface area contributed by atoms with E-state index in [4.69, 9.17) is 23.7 Å². The fraction of sp³-hybridized carbons (Fsp3) is 0.696. The summed E-state index contributed by atoms with van der Waals surface area (Å²) in [5.74, 6) is -2.68. The molecule has 7 aliphatic rings. The van der Waals surface area contributed by atoms with Gasteiger partial charge in [-0.3, -0.25) is 0 Å². The highest BCUT2D eigenvalue weighted by molar-refractivity contribution is 5.89. The SMILES string of the molecule is C[C@@]12C[C@@]3(O)O[C@@H](O1)[C@]1(COC(=O)c4ccc(O)cc4)[C@@H]3C[C@]12O[C@@H]1O[C@H](CO)[C@@H](O)[C@H](O)[C@H]1O. The molecule has 0 unspecified atom stereocenters. The zero-order valence-corrected chi connectivity index (χ0v) is 18.8. The summed E-state index contributed by atoms with van der Waals surface area (Å²) in [6.45, 7) is 0.878. The number of esters is 1. The van der Waals surface area contributed by atoms with Crippen molar-refractivity contribution in [2.24, 2.45) is 11.3 Å². The zero-order chi connectivity index (χ0) is 25.0. The monoisotopic (exact) mass is 496 g/mol. The van der Waals surface area contributed by atoms with Crippen LogP contribution in [-0.4, -0.2) is 104 Å². The molecule has 0 aromatic heterocycles. The van der Waals surface area contributed by atoms with E-state index in [0.29, 0.717) is 0 Å². The Hall–Kier alpha value is -1.87. The molecular weight excluding hydrogens is 468 g/mol. The van der Waals surface area contributed by atoms with E-state index in [9.17, 15) is 35.4 Å². The molecule has 6 bridgehead atoms. The average molecular weight is 496 g/mol. The number of ether oxygens (including phenoxy) is 5. The third kappa shape index (κ3) is 2.80. The van der Waals surface area contributed by atoms with E-state index in [-0.39, 0.29) is 30.8 Å². The summed E-state index contributed by atoms with van der Waals surface area (Å²) in [5.41, 5.74) is -3.27. The second-order valence-electron chi connectivity index (χ2n) is 10.4. The average Bonchev–Trinajstić information content (AvgIpc) is 3.00. The van der Waals surface area contributed by atoms with Crippen molar-refractivity contribution in [1.82, 2.24) is 0 Å². The molecule has 6 N–H and O–H groups in total. The maximum atomic E-state index is 12.7. The maximum Gasteiger partial charge on any atom is 0.338 e. The van der Waals surface area contributed by atoms with E-state index in [2.05, 4.69) is 0 Å². The summed E-state index contributed by atoms with van der Waals surface area (Å²) in [5, 5.41) is 61.2. The molecule has 7 fully saturated rings. The van der Waals surface area contributed by atoms with Crippen LogP contribution in [0.5, 0.6) is 5.75 Å². The molecular formula is C23H28O12. The Labute approximate surface area is 199 Å². The topological polar surface area (TPSA) is 185 Å². The molecule has 8 rings (SSSR count). The third-order valence-corrected chi connectivity index (χ3v) is 8.66. The number of aliphatic hydroxyl groups excluding tert-OH is 4. The largest absolute Gasteiger partial charge is 0.508 e. The molecule has 1 aromatic rings. The number of rotatable bonds is 6. The van der Waals surface area contributed by atoms with Gasteiger partial charge in [0, 0.05) is 12.3 Å². The Morgan fingerprint density at radius 2 is 1.83 bits per heavy atom. The van der Waals surface area contributed by atoms with Gasteiger partial charge in [-0.25, -0.2) is 4.79 Å². The number of phenols is 1. The van der Waals surface area contributed by atoms with E-state index in [0.717, 1.165) is 0 Å². The first-order valence-corrected chi connectivity index (χ1v) is 11.5. The van der Waals surface area contributed by atoms with Crippen LogP contribution < -0.4 is 0 Å². The summed E-state index contributed by atoms with van der Waals surface area (Å²) < 4.78 is 29.6. The summed E-state index contributed by atoms with van der Waals surface area (Å²) in [4.78, 5) is 12.7. The van der Waals surface area contributed by atoms with Crippen LogP contribution in [0.3, 0.4) is 0 Å². The fourth-order valence-electron chi connectivity index (χ4n) is 6.90. The minimum atomic E-state index is -1.64. The Morgan fingerprint density at radius 1 is 1.11 bits per heavy atom. The van der Waals surface area contributed by atoms with Gasteiger partial charge in [0.2, 0.25) is 0 Å². The lowest BCUT2D eigenvalue weighted by molar-refractivity contribution is -0.424. The molecule has 0 radical (unpaired) electrons. The van der Waals surface area contributed by atoms with Crippen LogP contribution in [0, 0.1) is 11.3 Å². The van der Waals surface area contributed by atoms with Crippen LogP contribution in [0.25, 0.3) is 0 Å². The third-order valence-electron chi connectivity index (χ3n) is 8.66. The van der Waals surface area contributed by atoms with Crippen LogP contribution in [0.15, 0.2) is 24.3 Å². The summed E-state index contributed by atoms with van der Waals surface area (Å²) in [7, 11) is 0. The smallest absolute Gasteiger partial charge is 0.338 e. The zero-order valence-electron chi connectivity index (χ0n) is 18.8. The Balaban J connectivity index is 1.31. The predicted octanol–water partition coefficient (Wildman–Crippen LogP) is -1.65. The van der Waals surface area contributed by atoms with Gasteiger partial charge < -0.3 is 54.3 Å². The van der Waals surface area contributed by atoms with E-state index < -0.39 is 77.9 Å². The van der Waals surface area contributed by atoms with Gasteiger partial charge in [0.05, 0.1) is 17.6 Å². The van der Waals surface area contributed by atoms with Gasteiger partial charge in [-0.15, -0.1) is 0 Å². The first-order valence-electron chi connectivity index (χ1n) is 11.5. The second kappa shape index (κ2) is 7.34. The van der Waals surface area contributed by atoms with Gasteiger partial charge in [0.1, 0.15) is 48.0 Å². The number of aliphatic hydroxyl groups is 5. The summed E-state index contributed by atoms with van der Waals surface area (Å²) >= 11 is 0. The van der Waals surface area contributed by atoms with Gasteiger partial charge in [-0.05, 0) is 37.6 Å². The minimum Gasteiger partial charge on any atom is -0.508 e. The highest BCUT2D eigenvalue weighted by Crippen LogP contribution is 2.81. The second-order valence-corrected chi connectivity index (χ2v) is 10.4. The first-order chi connectivity index (χ1) is 16.5. The van der Waals surface area contributed by atoms with Crippen molar-refractivity contribution in [3.05, 3.63) is 29.8 Å². The fourth-order valence-corrected chi connectivity index (χ4v) is 6.90. The van der Waals surface area contributed by atoms with Gasteiger partial charge in [0.15, 0.2) is 18.4 Å². The Kier molecular flexibility index (Phi) is 4.93. The molecule has 0 spiro atoms. The molecule has 3 saturated carbocycles. The van der Waals surface area contributed by atoms with Crippen LogP contribution in [-0.2, 0) is 23.7 Å². The molecule has 11 atom stereocenters. The number of phenolic OH excluding ortho intramolecular Hbond substituents is 1. The molecule has 4 saturated heterocycles. The lowest BCUT2D eigenvalue weighted by Gasteiger charge is -2.67. The lowest BCUT2D eigenvalue weighted by Crippen LogP contribution is -2.80. The van der Waals surface area contributed by atoms with E-state index in [1.807, 2.05) is 0 Å². The van der Waals surface area contributed by atoms with Crippen molar-refractivity contribution in [2.75, 3.05) is 13.2 Å². The van der Waals surface area contributed by atoms with Crippen molar-refractivity contribution >= 4 is 5.97 Å². The van der Waals surface area contributed by atoms with Crippen LogP contribution in [0.1, 0.15) is 30.1 Å². The van der Waals surface area contributed by atoms with Crippen molar-refractivity contribution in [3.8, 4) is 5.75 Å². The predicted molar refractivity (Wildman–Crippen MR) is 110 cm³/mol. The first kappa shape index (κ1) is 23.5. The van der Waals surface area contributed by atoms with Gasteiger partial charge in [-0.2, -0.15) is 0 Å². The van der Waals surface area contributed by atoms with Crippen molar-refractivity contribution in [2.45, 2.75) is 73.8 Å². The molecule has 4 heterocycles. The molecule has 0 amide bonds. The number of carbonyl (C=O) groups is 1. The molecule has 3 aliphatic carbocycles. The lowest BCUT2D eigenvalue weighted by atomic mass is 9.41. The highest BCUT2D eigenvalue weighted by Gasteiger charge is 2.94. The summed E-state index contributed by atoms with van der Waals surface area (Å²) in [6.07, 6.45) is -8.10. The summed E-state index contributed by atoms with van der Waals surface area (Å²) in [6, 6.07) is 5.54. The molecule has 12 nitrogen and oxygen atoms in total. The van der Waals surface area contributed by atoms with Crippen molar-refractivity contribution in [1.29, 1.82) is 0 Å². The Morgan fingerprint density at radius 3 is 2.51 bits per heavy atom. The standard InChI is InChI=1S/C23H28O12/c1-20-8-22(30)13-6-23(20,33-18-16(28)15(27)14(26)12(7-24)32-18)21(13,19(34-20)35-22)9-31-17(29)10-2-4-11(25)5-3-10/h2-5,12-16,18-19,24-28,30H,6-9H2,1H3/t12-,13+,14-,15+,16-,18+,19-,20+,21+,22-,23-/m1/s1. The number of hydrogen-bond donors (Lipinski definition) is 6. The maximum absolute atomic E-state index is 12.7. The molecule has 192 valence electrons. The number of benzene rings is 1. The molecule has 4 aliphatic heterocycles. The van der Waals surface area contributed by atoms with Gasteiger partial charge >= 0.3 is 5.97 Å². The van der Waals surface area contributed by atoms with E-state index >= 15 is 0 Å². The van der Waals surface area contributed by atoms with E-state index in [1.165, 1.54) is 24.3 Å². The molecule has 35 heavy (non-hydrogen) atoms. The quantitative estimate of drug-likeness (QED) is 0.247. The normalized spacial score (nSPS) is 51.3. The van der Waals surface area contributed by atoms with Crippen molar-refractivity contribution in [3.63, 3.8) is 0 Å². The highest BCUT2D eigenvalue weighted by atomic mass is 16.8. The van der Waals surface area contributed by atoms with E-state index in [1.54, 1.807) is 6.92 Å². The van der Waals surface area contributed by atoms with Gasteiger partial charge in [-0.1, -0.05) is 0 Å². The minimum absolute atomic E-state index is 0.00282. The van der Waals surface area contributed by atoms with Crippen LogP contribution in [0.2, 0.25) is 0 Å².